The number of ether oxygens (including phenoxy) is 2. The lowest BCUT2D eigenvalue weighted by atomic mass is 10.2. The van der Waals surface area contributed by atoms with E-state index >= 15 is 0 Å². The minimum absolute atomic E-state index is 0.397. The maximum Gasteiger partial charge on any atom is 0.411 e. The van der Waals surface area contributed by atoms with Gasteiger partial charge in [-0.15, -0.1) is 0 Å². The molecule has 1 fully saturated rings. The molecule has 1 aromatic carbocycles. The molecule has 0 aromatic heterocycles. The molecule has 0 spiro atoms. The zero-order valence-electron chi connectivity index (χ0n) is 15.5. The summed E-state index contributed by atoms with van der Waals surface area (Å²) in [5, 5.41) is 2.76. The van der Waals surface area contributed by atoms with Gasteiger partial charge in [-0.1, -0.05) is 32.6 Å². The van der Waals surface area contributed by atoms with Crippen LogP contribution >= 0.6 is 0 Å². The lowest BCUT2D eigenvalue weighted by Crippen LogP contribution is -2.30. The number of likely N-dealkylation sites (tertiary alicyclic amines) is 1. The number of carbonyl (C=O) groups is 1. The molecule has 1 aliphatic rings. The Bertz CT molecular complexity index is 482. The molecule has 1 N–H and O–H groups in total. The summed E-state index contributed by atoms with van der Waals surface area (Å²) in [6, 6.07) is 7.42. The maximum absolute atomic E-state index is 11.9. The summed E-state index contributed by atoms with van der Waals surface area (Å²) in [6.45, 7) is 6.39. The lowest BCUT2D eigenvalue weighted by molar-refractivity contribution is 0.140. The first-order chi connectivity index (χ1) is 12.3. The molecule has 0 aliphatic carbocycles. The quantitative estimate of drug-likeness (QED) is 0.658. The molecule has 0 bridgehead atoms. The number of unbranched alkanes of at least 4 members (excludes halogenated alkanes) is 2. The molecular weight excluding hydrogens is 316 g/mol. The molecule has 5 nitrogen and oxygen atoms in total. The van der Waals surface area contributed by atoms with Gasteiger partial charge in [0.05, 0.1) is 6.61 Å². The zero-order valence-corrected chi connectivity index (χ0v) is 15.5. The molecule has 25 heavy (non-hydrogen) atoms. The average molecular weight is 348 g/mol. The number of nitrogens with one attached hydrogen (secondary N) is 1. The summed E-state index contributed by atoms with van der Waals surface area (Å²) >= 11 is 0. The predicted molar refractivity (Wildman–Crippen MR) is 101 cm³/mol. The standard InChI is InChI=1S/C20H32N2O3/c1-2-3-8-16-24-19-11-9-18(10-12-19)21-20(23)25-17-15-22-13-6-4-5-7-14-22/h9-12H,2-8,13-17H2,1H3,(H,21,23). The van der Waals surface area contributed by atoms with Crippen LogP contribution in [0.25, 0.3) is 0 Å². The van der Waals surface area contributed by atoms with Gasteiger partial charge in [-0.3, -0.25) is 10.2 Å². The SMILES string of the molecule is CCCCCOc1ccc(NC(=O)OCCN2CCCCCC2)cc1. The van der Waals surface area contributed by atoms with Gasteiger partial charge in [0.25, 0.3) is 0 Å². The summed E-state index contributed by atoms with van der Waals surface area (Å²) in [6.07, 6.45) is 8.17. The Morgan fingerprint density at radius 3 is 2.44 bits per heavy atom. The summed E-state index contributed by atoms with van der Waals surface area (Å²) in [5.74, 6) is 0.830. The summed E-state index contributed by atoms with van der Waals surface area (Å²) in [5.41, 5.74) is 0.723. The van der Waals surface area contributed by atoms with Gasteiger partial charge in [0, 0.05) is 12.2 Å². The third-order valence-electron chi connectivity index (χ3n) is 4.46. The van der Waals surface area contributed by atoms with Gasteiger partial charge in [-0.25, -0.2) is 4.79 Å². The highest BCUT2D eigenvalue weighted by Gasteiger charge is 2.10. The monoisotopic (exact) mass is 348 g/mol. The highest BCUT2D eigenvalue weighted by molar-refractivity contribution is 5.84. The molecule has 0 radical (unpaired) electrons. The van der Waals surface area contributed by atoms with E-state index in [4.69, 9.17) is 9.47 Å². The van der Waals surface area contributed by atoms with E-state index < -0.39 is 6.09 Å². The van der Waals surface area contributed by atoms with E-state index in [-0.39, 0.29) is 0 Å². The van der Waals surface area contributed by atoms with Crippen molar-refractivity contribution in [2.24, 2.45) is 0 Å². The van der Waals surface area contributed by atoms with Gasteiger partial charge in [-0.05, 0) is 56.6 Å². The van der Waals surface area contributed by atoms with Crippen LogP contribution in [-0.4, -0.2) is 43.8 Å². The fourth-order valence-electron chi connectivity index (χ4n) is 2.96. The van der Waals surface area contributed by atoms with Crippen molar-refractivity contribution in [3.63, 3.8) is 0 Å². The van der Waals surface area contributed by atoms with Crippen molar-refractivity contribution in [3.8, 4) is 5.75 Å². The number of anilines is 1. The zero-order chi connectivity index (χ0) is 17.7. The Morgan fingerprint density at radius 2 is 1.76 bits per heavy atom. The first-order valence-corrected chi connectivity index (χ1v) is 9.67. The fraction of sp³-hybridized carbons (Fsp3) is 0.650. The molecule has 5 heteroatoms. The minimum Gasteiger partial charge on any atom is -0.494 e. The number of amides is 1. The Balaban J connectivity index is 1.62. The van der Waals surface area contributed by atoms with Crippen molar-refractivity contribution in [2.45, 2.75) is 51.9 Å². The Labute approximate surface area is 151 Å². The second-order valence-electron chi connectivity index (χ2n) is 6.60. The summed E-state index contributed by atoms with van der Waals surface area (Å²) in [7, 11) is 0. The summed E-state index contributed by atoms with van der Waals surface area (Å²) in [4.78, 5) is 14.2. The van der Waals surface area contributed by atoms with Crippen LogP contribution < -0.4 is 10.1 Å². The van der Waals surface area contributed by atoms with E-state index in [1.807, 2.05) is 24.3 Å². The predicted octanol–water partition coefficient (Wildman–Crippen LogP) is 4.68. The van der Waals surface area contributed by atoms with E-state index in [9.17, 15) is 4.79 Å². The van der Waals surface area contributed by atoms with Gasteiger partial charge in [0.1, 0.15) is 12.4 Å². The van der Waals surface area contributed by atoms with Crippen LogP contribution in [0.4, 0.5) is 10.5 Å². The van der Waals surface area contributed by atoms with Gasteiger partial charge in [0.15, 0.2) is 0 Å². The molecule has 0 atom stereocenters. The number of carbonyl (C=O) groups excluding carboxylic acids is 1. The van der Waals surface area contributed by atoms with Crippen molar-refractivity contribution in [1.29, 1.82) is 0 Å². The van der Waals surface area contributed by atoms with Crippen molar-refractivity contribution in [3.05, 3.63) is 24.3 Å². The maximum atomic E-state index is 11.9. The molecule has 140 valence electrons. The van der Waals surface area contributed by atoms with E-state index in [0.717, 1.165) is 44.1 Å². The third-order valence-corrected chi connectivity index (χ3v) is 4.46. The lowest BCUT2D eigenvalue weighted by Gasteiger charge is -2.19. The van der Waals surface area contributed by atoms with E-state index in [1.54, 1.807) is 0 Å². The van der Waals surface area contributed by atoms with Crippen LogP contribution in [0.15, 0.2) is 24.3 Å². The van der Waals surface area contributed by atoms with E-state index in [1.165, 1.54) is 38.5 Å². The minimum atomic E-state index is -0.397. The number of rotatable bonds is 9. The van der Waals surface area contributed by atoms with Crippen LogP contribution in [0, 0.1) is 0 Å². The van der Waals surface area contributed by atoms with Gasteiger partial charge >= 0.3 is 6.09 Å². The molecule has 1 saturated heterocycles. The van der Waals surface area contributed by atoms with Crippen LogP contribution in [-0.2, 0) is 4.74 Å². The van der Waals surface area contributed by atoms with Crippen LogP contribution in [0.2, 0.25) is 0 Å². The smallest absolute Gasteiger partial charge is 0.411 e. The number of hydrogen-bond donors (Lipinski definition) is 1. The fourth-order valence-corrected chi connectivity index (χ4v) is 2.96. The van der Waals surface area contributed by atoms with Crippen molar-refractivity contribution in [1.82, 2.24) is 4.90 Å². The number of hydrogen-bond acceptors (Lipinski definition) is 4. The molecule has 1 aliphatic heterocycles. The van der Waals surface area contributed by atoms with Crippen molar-refractivity contribution >= 4 is 11.8 Å². The van der Waals surface area contributed by atoms with Crippen LogP contribution in [0.3, 0.4) is 0 Å². The van der Waals surface area contributed by atoms with Crippen LogP contribution in [0.5, 0.6) is 5.75 Å². The topological polar surface area (TPSA) is 50.8 Å². The Morgan fingerprint density at radius 1 is 1.04 bits per heavy atom. The first kappa shape index (κ1) is 19.6. The molecule has 1 aromatic rings. The molecule has 0 unspecified atom stereocenters. The second-order valence-corrected chi connectivity index (χ2v) is 6.60. The molecular formula is C20H32N2O3. The molecule has 1 heterocycles. The third kappa shape index (κ3) is 8.25. The first-order valence-electron chi connectivity index (χ1n) is 9.67. The summed E-state index contributed by atoms with van der Waals surface area (Å²) < 4.78 is 10.9. The largest absolute Gasteiger partial charge is 0.494 e. The molecule has 1 amide bonds. The van der Waals surface area contributed by atoms with E-state index in [2.05, 4.69) is 17.1 Å². The van der Waals surface area contributed by atoms with E-state index in [0.29, 0.717) is 6.61 Å². The molecule has 2 rings (SSSR count). The highest BCUT2D eigenvalue weighted by atomic mass is 16.5. The van der Waals surface area contributed by atoms with Crippen molar-refractivity contribution in [2.75, 3.05) is 38.2 Å². The number of benzene rings is 1. The van der Waals surface area contributed by atoms with Gasteiger partial charge in [-0.2, -0.15) is 0 Å². The van der Waals surface area contributed by atoms with Gasteiger partial charge < -0.3 is 9.47 Å². The normalized spacial score (nSPS) is 15.4. The highest BCUT2D eigenvalue weighted by Crippen LogP contribution is 2.16. The molecule has 0 saturated carbocycles. The Kier molecular flexibility index (Phi) is 9.19. The second kappa shape index (κ2) is 11.7. The number of nitrogens with zero attached hydrogens (tertiary/aromatic N) is 1. The Hall–Kier alpha value is -1.75. The van der Waals surface area contributed by atoms with Crippen LogP contribution in [0.1, 0.15) is 51.9 Å². The van der Waals surface area contributed by atoms with Crippen molar-refractivity contribution < 1.29 is 14.3 Å². The van der Waals surface area contributed by atoms with Gasteiger partial charge in [0.2, 0.25) is 0 Å². The average Bonchev–Trinajstić information content (AvgIpc) is 2.89.